The molecule has 0 aliphatic carbocycles. The molecule has 1 amide bonds. The van der Waals surface area contributed by atoms with Gasteiger partial charge in [-0.25, -0.2) is 9.97 Å². The molecule has 126 valence electrons. The van der Waals surface area contributed by atoms with Crippen molar-refractivity contribution in [3.63, 3.8) is 0 Å². The highest BCUT2D eigenvalue weighted by molar-refractivity contribution is 6.09. The summed E-state index contributed by atoms with van der Waals surface area (Å²) in [5, 5.41) is 9.70. The van der Waals surface area contributed by atoms with Gasteiger partial charge in [0.05, 0.1) is 0 Å². The first-order valence-electron chi connectivity index (χ1n) is 8.20. The quantitative estimate of drug-likeness (QED) is 0.939. The number of hydrogen-bond acceptors (Lipinski definition) is 5. The molecule has 0 saturated carbocycles. The van der Waals surface area contributed by atoms with Crippen LogP contribution in [0.3, 0.4) is 0 Å². The van der Waals surface area contributed by atoms with Gasteiger partial charge in [0.25, 0.3) is 5.91 Å². The molecular formula is C18H22N4O2. The zero-order valence-electron chi connectivity index (χ0n) is 14.2. The van der Waals surface area contributed by atoms with Crippen LogP contribution in [0.1, 0.15) is 42.4 Å². The number of hydrogen-bond donors (Lipinski definition) is 1. The first-order valence-corrected chi connectivity index (χ1v) is 8.20. The summed E-state index contributed by atoms with van der Waals surface area (Å²) in [7, 11) is 1.94. The third-order valence-corrected chi connectivity index (χ3v) is 4.48. The van der Waals surface area contributed by atoms with E-state index in [-0.39, 0.29) is 17.6 Å². The lowest BCUT2D eigenvalue weighted by atomic mass is 10.1. The molecule has 1 N–H and O–H groups in total. The fraction of sp³-hybridized carbons (Fsp3) is 0.389. The van der Waals surface area contributed by atoms with Gasteiger partial charge < -0.3 is 14.9 Å². The Labute approximate surface area is 141 Å². The van der Waals surface area contributed by atoms with Crippen molar-refractivity contribution in [2.75, 3.05) is 29.9 Å². The molecular weight excluding hydrogens is 304 g/mol. The highest BCUT2D eigenvalue weighted by Gasteiger charge is 2.28. The molecule has 1 aliphatic rings. The second kappa shape index (κ2) is 6.47. The van der Waals surface area contributed by atoms with Crippen LogP contribution in [-0.4, -0.2) is 41.1 Å². The summed E-state index contributed by atoms with van der Waals surface area (Å²) in [4.78, 5) is 25.7. The number of carbonyl (C=O) groups is 1. The van der Waals surface area contributed by atoms with Gasteiger partial charge in [0, 0.05) is 44.0 Å². The second-order valence-electron chi connectivity index (χ2n) is 6.17. The molecule has 0 saturated heterocycles. The highest BCUT2D eigenvalue weighted by Crippen LogP contribution is 2.28. The van der Waals surface area contributed by atoms with Gasteiger partial charge in [-0.2, -0.15) is 0 Å². The lowest BCUT2D eigenvalue weighted by molar-refractivity contribution is 0.0989. The highest BCUT2D eigenvalue weighted by atomic mass is 16.3. The van der Waals surface area contributed by atoms with Crippen LogP contribution in [0.15, 0.2) is 30.5 Å². The van der Waals surface area contributed by atoms with Crippen molar-refractivity contribution >= 4 is 17.4 Å². The summed E-state index contributed by atoms with van der Waals surface area (Å²) < 4.78 is 0. The molecule has 0 radical (unpaired) electrons. The predicted octanol–water partition coefficient (Wildman–Crippen LogP) is 2.79. The minimum Gasteiger partial charge on any atom is -0.508 e. The summed E-state index contributed by atoms with van der Waals surface area (Å²) in [6, 6.07) is 6.73. The average molecular weight is 326 g/mol. The van der Waals surface area contributed by atoms with Gasteiger partial charge in [-0.3, -0.25) is 4.79 Å². The van der Waals surface area contributed by atoms with Gasteiger partial charge in [-0.15, -0.1) is 0 Å². The molecule has 1 aromatic carbocycles. The molecule has 3 rings (SSSR count). The molecule has 2 aromatic rings. The predicted molar refractivity (Wildman–Crippen MR) is 93.8 cm³/mol. The molecule has 6 nitrogen and oxygen atoms in total. The Hall–Kier alpha value is -2.63. The molecule has 24 heavy (non-hydrogen) atoms. The maximum Gasteiger partial charge on any atom is 0.263 e. The third kappa shape index (κ3) is 2.91. The van der Waals surface area contributed by atoms with Crippen molar-refractivity contribution in [2.45, 2.75) is 26.2 Å². The van der Waals surface area contributed by atoms with Crippen molar-refractivity contribution in [1.29, 1.82) is 0 Å². The third-order valence-electron chi connectivity index (χ3n) is 4.48. The van der Waals surface area contributed by atoms with E-state index in [1.165, 1.54) is 0 Å². The van der Waals surface area contributed by atoms with Crippen molar-refractivity contribution in [2.24, 2.45) is 0 Å². The molecule has 0 fully saturated rings. The van der Waals surface area contributed by atoms with Crippen LogP contribution in [0.2, 0.25) is 0 Å². The number of aromatic nitrogens is 2. The summed E-state index contributed by atoms with van der Waals surface area (Å²) in [6.07, 6.45) is 2.58. The number of phenolic OH excluding ortho intramolecular Hbond substituents is 1. The van der Waals surface area contributed by atoms with Crippen LogP contribution >= 0.6 is 0 Å². The largest absolute Gasteiger partial charge is 0.508 e. The first-order chi connectivity index (χ1) is 11.5. The normalized spacial score (nSPS) is 15.9. The molecule has 6 heteroatoms. The topological polar surface area (TPSA) is 69.6 Å². The Morgan fingerprint density at radius 3 is 2.83 bits per heavy atom. The van der Waals surface area contributed by atoms with Gasteiger partial charge in [0.2, 0.25) is 0 Å². The fourth-order valence-corrected chi connectivity index (χ4v) is 2.76. The number of amides is 1. The average Bonchev–Trinajstić information content (AvgIpc) is 2.71. The number of anilines is 2. The van der Waals surface area contributed by atoms with E-state index >= 15 is 0 Å². The number of nitrogens with zero attached hydrogens (tertiary/aromatic N) is 4. The lowest BCUT2D eigenvalue weighted by Crippen LogP contribution is -2.33. The van der Waals surface area contributed by atoms with Crippen molar-refractivity contribution < 1.29 is 9.90 Å². The fourth-order valence-electron chi connectivity index (χ4n) is 2.76. The number of fused-ring (bicyclic) bond motifs is 1. The Bertz CT molecular complexity index is 762. The molecule has 1 unspecified atom stereocenters. The van der Waals surface area contributed by atoms with Gasteiger partial charge in [-0.05, 0) is 18.6 Å². The lowest BCUT2D eigenvalue weighted by Gasteiger charge is -2.21. The summed E-state index contributed by atoms with van der Waals surface area (Å²) in [5.41, 5.74) is 1.16. The van der Waals surface area contributed by atoms with E-state index in [4.69, 9.17) is 0 Å². The molecule has 2 heterocycles. The number of rotatable bonds is 3. The van der Waals surface area contributed by atoms with Crippen LogP contribution < -0.4 is 9.80 Å². The monoisotopic (exact) mass is 326 g/mol. The van der Waals surface area contributed by atoms with Gasteiger partial charge in [-0.1, -0.05) is 19.9 Å². The molecule has 1 aromatic heterocycles. The standard InChI is InChI=1S/C18H22N4O2/c1-4-12(2)16-19-11-15-17(20-16)21(3)8-9-22(18(15)24)13-6-5-7-14(23)10-13/h5-7,10-12,23H,4,8-9H2,1-3H3. The summed E-state index contributed by atoms with van der Waals surface area (Å²) in [5.74, 6) is 1.69. The Morgan fingerprint density at radius 1 is 1.33 bits per heavy atom. The van der Waals surface area contributed by atoms with Crippen LogP contribution in [0.25, 0.3) is 0 Å². The minimum atomic E-state index is -0.143. The molecule has 0 bridgehead atoms. The first kappa shape index (κ1) is 16.2. The number of phenols is 1. The summed E-state index contributed by atoms with van der Waals surface area (Å²) in [6.45, 7) is 5.36. The SMILES string of the molecule is CCC(C)c1ncc2c(n1)N(C)CCN(c1cccc(O)c1)C2=O. The Kier molecular flexibility index (Phi) is 4.38. The maximum absolute atomic E-state index is 13.0. The summed E-state index contributed by atoms with van der Waals surface area (Å²) >= 11 is 0. The van der Waals surface area contributed by atoms with Crippen LogP contribution in [0, 0.1) is 0 Å². The zero-order chi connectivity index (χ0) is 17.3. The molecule has 0 spiro atoms. The van der Waals surface area contributed by atoms with E-state index in [1.54, 1.807) is 29.3 Å². The Morgan fingerprint density at radius 2 is 2.12 bits per heavy atom. The van der Waals surface area contributed by atoms with Crippen LogP contribution in [0.4, 0.5) is 11.5 Å². The maximum atomic E-state index is 13.0. The van der Waals surface area contributed by atoms with Crippen LogP contribution in [0.5, 0.6) is 5.75 Å². The van der Waals surface area contributed by atoms with E-state index in [0.717, 1.165) is 12.2 Å². The minimum absolute atomic E-state index is 0.140. The van der Waals surface area contributed by atoms with Crippen molar-refractivity contribution in [3.05, 3.63) is 41.9 Å². The Balaban J connectivity index is 2.02. The second-order valence-corrected chi connectivity index (χ2v) is 6.17. The number of aromatic hydroxyl groups is 1. The number of likely N-dealkylation sites (N-methyl/N-ethyl adjacent to an activating group) is 1. The molecule has 1 atom stereocenters. The number of benzene rings is 1. The van der Waals surface area contributed by atoms with Crippen molar-refractivity contribution in [3.8, 4) is 5.75 Å². The van der Waals surface area contributed by atoms with E-state index < -0.39 is 0 Å². The van der Waals surface area contributed by atoms with E-state index in [2.05, 4.69) is 23.8 Å². The van der Waals surface area contributed by atoms with Gasteiger partial charge in [0.15, 0.2) is 0 Å². The van der Waals surface area contributed by atoms with E-state index in [9.17, 15) is 9.90 Å². The van der Waals surface area contributed by atoms with Gasteiger partial charge >= 0.3 is 0 Å². The van der Waals surface area contributed by atoms with E-state index in [0.29, 0.717) is 30.2 Å². The number of carbonyl (C=O) groups excluding carboxylic acids is 1. The molecule has 1 aliphatic heterocycles. The van der Waals surface area contributed by atoms with Gasteiger partial charge in [0.1, 0.15) is 23.0 Å². The van der Waals surface area contributed by atoms with Crippen LogP contribution in [-0.2, 0) is 0 Å². The zero-order valence-corrected chi connectivity index (χ0v) is 14.2. The van der Waals surface area contributed by atoms with E-state index in [1.807, 2.05) is 18.0 Å². The van der Waals surface area contributed by atoms with Crippen molar-refractivity contribution in [1.82, 2.24) is 9.97 Å². The smallest absolute Gasteiger partial charge is 0.263 e.